The van der Waals surface area contributed by atoms with Crippen LogP contribution in [0.1, 0.15) is 68.2 Å². The smallest absolute Gasteiger partial charge is 0.307 e. The zero-order chi connectivity index (χ0) is 32.5. The third kappa shape index (κ3) is 15.4. The Morgan fingerprint density at radius 2 is 1.59 bits per heavy atom. The molecule has 1 unspecified atom stereocenters. The standard InChI is InChI=1S/C29H38N2O10S3/c1-31(15-16-41-20-8-6-19(7-9-20)18-22-28(39)30-29(40)44-22)23(32)5-3-2-4-21(43-27(38)13-11-25(35)36)14-17-42-26(37)12-10-24(33)34/h6-9,21,39H,2-5,10-18H2,1H3,(H,30,40)(H,33,34)(H,35,36). The SMILES string of the molecule is CN(CCOc1ccc(Cc2sc(=O)[nH]c2O)cc1)C(=O)CCCCC(CCSC(=O)CCC(=O)O)SC(=O)CCC(=O)O. The van der Waals surface area contributed by atoms with E-state index >= 15 is 0 Å². The number of carboxylic acid groups (broad SMARTS) is 2. The zero-order valence-electron chi connectivity index (χ0n) is 24.5. The van der Waals surface area contributed by atoms with Crippen LogP contribution in [-0.2, 0) is 30.4 Å². The van der Waals surface area contributed by atoms with Gasteiger partial charge in [0.1, 0.15) is 12.4 Å². The minimum Gasteiger partial charge on any atom is -0.494 e. The van der Waals surface area contributed by atoms with E-state index in [1.54, 1.807) is 24.1 Å². The van der Waals surface area contributed by atoms with Crippen molar-refractivity contribution in [2.45, 2.75) is 69.5 Å². The number of aliphatic carboxylic acids is 2. The molecule has 1 atom stereocenters. The highest BCUT2D eigenvalue weighted by Gasteiger charge is 2.18. The van der Waals surface area contributed by atoms with E-state index in [0.717, 1.165) is 40.4 Å². The van der Waals surface area contributed by atoms with E-state index in [4.69, 9.17) is 14.9 Å². The molecule has 15 heteroatoms. The Morgan fingerprint density at radius 3 is 2.20 bits per heavy atom. The molecule has 0 saturated carbocycles. The first-order valence-electron chi connectivity index (χ1n) is 14.1. The molecule has 0 aliphatic rings. The van der Waals surface area contributed by atoms with Crippen LogP contribution in [0, 0.1) is 0 Å². The molecular weight excluding hydrogens is 633 g/mol. The van der Waals surface area contributed by atoms with Crippen molar-refractivity contribution in [1.29, 1.82) is 0 Å². The predicted octanol–water partition coefficient (Wildman–Crippen LogP) is 4.14. The zero-order valence-corrected chi connectivity index (χ0v) is 26.9. The molecule has 242 valence electrons. The van der Waals surface area contributed by atoms with Crippen molar-refractivity contribution < 1.29 is 44.0 Å². The minimum atomic E-state index is -1.05. The molecule has 0 spiro atoms. The number of aromatic nitrogens is 1. The summed E-state index contributed by atoms with van der Waals surface area (Å²) in [4.78, 5) is 73.6. The Balaban J connectivity index is 1.70. The van der Waals surface area contributed by atoms with Crippen molar-refractivity contribution in [2.75, 3.05) is 26.0 Å². The number of thioether (sulfide) groups is 2. The number of thiazole rings is 1. The fourth-order valence-electron chi connectivity index (χ4n) is 3.93. The van der Waals surface area contributed by atoms with Crippen molar-refractivity contribution in [3.05, 3.63) is 44.4 Å². The van der Waals surface area contributed by atoms with Crippen LogP contribution in [0.15, 0.2) is 29.1 Å². The second-order valence-corrected chi connectivity index (χ2v) is 13.5. The summed E-state index contributed by atoms with van der Waals surface area (Å²) in [7, 11) is 1.70. The van der Waals surface area contributed by atoms with Crippen molar-refractivity contribution in [3.8, 4) is 11.6 Å². The molecule has 0 saturated heterocycles. The van der Waals surface area contributed by atoms with Gasteiger partial charge in [-0.15, -0.1) is 0 Å². The number of amides is 1. The maximum absolute atomic E-state index is 12.6. The molecular formula is C29H38N2O10S3. The van der Waals surface area contributed by atoms with Crippen LogP contribution in [0.3, 0.4) is 0 Å². The Labute approximate surface area is 267 Å². The van der Waals surface area contributed by atoms with E-state index in [0.29, 0.717) is 68.1 Å². The van der Waals surface area contributed by atoms with Crippen LogP contribution in [0.5, 0.6) is 11.6 Å². The van der Waals surface area contributed by atoms with Crippen LogP contribution in [0.25, 0.3) is 0 Å². The lowest BCUT2D eigenvalue weighted by Gasteiger charge is -2.18. The number of hydrogen-bond acceptors (Lipinski definition) is 11. The number of benzene rings is 1. The van der Waals surface area contributed by atoms with E-state index in [1.807, 2.05) is 12.1 Å². The number of hydrogen-bond donors (Lipinski definition) is 4. The number of nitrogens with zero attached hydrogens (tertiary/aromatic N) is 1. The lowest BCUT2D eigenvalue weighted by atomic mass is 10.1. The van der Waals surface area contributed by atoms with Gasteiger partial charge in [-0.1, -0.05) is 53.4 Å². The average Bonchev–Trinajstić information content (AvgIpc) is 3.29. The van der Waals surface area contributed by atoms with Gasteiger partial charge in [-0.2, -0.15) is 0 Å². The highest BCUT2D eigenvalue weighted by molar-refractivity contribution is 8.14. The number of nitrogens with one attached hydrogen (secondary N) is 1. The number of aromatic amines is 1. The van der Waals surface area contributed by atoms with Crippen molar-refractivity contribution in [2.24, 2.45) is 0 Å². The molecule has 1 aromatic heterocycles. The fraction of sp³-hybridized carbons (Fsp3) is 0.517. The van der Waals surface area contributed by atoms with Crippen LogP contribution in [0.4, 0.5) is 0 Å². The number of unbranched alkanes of at least 4 members (excludes halogenated alkanes) is 1. The number of aromatic hydroxyl groups is 1. The van der Waals surface area contributed by atoms with Gasteiger partial charge in [-0.3, -0.25) is 33.8 Å². The van der Waals surface area contributed by atoms with Crippen LogP contribution in [-0.4, -0.2) is 84.5 Å². The van der Waals surface area contributed by atoms with Gasteiger partial charge in [0.05, 0.1) is 24.3 Å². The van der Waals surface area contributed by atoms with Crippen LogP contribution >= 0.6 is 34.9 Å². The lowest BCUT2D eigenvalue weighted by Crippen LogP contribution is -2.30. The molecule has 0 bridgehead atoms. The first-order chi connectivity index (χ1) is 20.9. The maximum atomic E-state index is 12.6. The van der Waals surface area contributed by atoms with Crippen molar-refractivity contribution in [1.82, 2.24) is 9.88 Å². The van der Waals surface area contributed by atoms with Gasteiger partial charge >= 0.3 is 16.8 Å². The van der Waals surface area contributed by atoms with Gasteiger partial charge in [-0.05, 0) is 37.0 Å². The molecule has 0 fully saturated rings. The maximum Gasteiger partial charge on any atom is 0.307 e. The van der Waals surface area contributed by atoms with Gasteiger partial charge in [-0.25, -0.2) is 0 Å². The second-order valence-electron chi connectivity index (χ2n) is 9.93. The normalized spacial score (nSPS) is 11.6. The summed E-state index contributed by atoms with van der Waals surface area (Å²) in [6.07, 6.45) is 2.52. The molecule has 1 heterocycles. The van der Waals surface area contributed by atoms with Gasteiger partial charge in [0.2, 0.25) is 11.8 Å². The fourth-order valence-corrected chi connectivity index (χ4v) is 6.82. The molecule has 4 N–H and O–H groups in total. The third-order valence-corrected chi connectivity index (χ3v) is 9.47. The first-order valence-corrected chi connectivity index (χ1v) is 16.8. The van der Waals surface area contributed by atoms with Gasteiger partial charge in [0, 0.05) is 43.7 Å². The second kappa shape index (κ2) is 19.9. The number of likely N-dealkylation sites (N-methyl/N-ethyl adjacent to an activating group) is 1. The highest BCUT2D eigenvalue weighted by atomic mass is 32.2. The number of ether oxygens (including phenoxy) is 1. The molecule has 2 aromatic rings. The molecule has 12 nitrogen and oxygen atoms in total. The Kier molecular flexibility index (Phi) is 16.7. The predicted molar refractivity (Wildman–Crippen MR) is 170 cm³/mol. The monoisotopic (exact) mass is 670 g/mol. The summed E-state index contributed by atoms with van der Waals surface area (Å²) in [5.74, 6) is -1.20. The number of rotatable bonds is 21. The van der Waals surface area contributed by atoms with E-state index in [-0.39, 0.29) is 57.8 Å². The number of H-pyrrole nitrogens is 1. The third-order valence-electron chi connectivity index (χ3n) is 6.36. The lowest BCUT2D eigenvalue weighted by molar-refractivity contribution is -0.138. The molecule has 0 aliphatic carbocycles. The summed E-state index contributed by atoms with van der Waals surface area (Å²) in [5, 5.41) is 26.7. The molecule has 2 rings (SSSR count). The molecule has 44 heavy (non-hydrogen) atoms. The summed E-state index contributed by atoms with van der Waals surface area (Å²) in [5.41, 5.74) is 0.906. The molecule has 0 aliphatic heterocycles. The quantitative estimate of drug-likeness (QED) is 0.139. The van der Waals surface area contributed by atoms with Gasteiger partial charge in [0.25, 0.3) is 0 Å². The summed E-state index contributed by atoms with van der Waals surface area (Å²) >= 11 is 3.07. The minimum absolute atomic E-state index is 0.0458. The van der Waals surface area contributed by atoms with Crippen LogP contribution < -0.4 is 9.61 Å². The molecule has 1 aromatic carbocycles. The molecule has 0 radical (unpaired) electrons. The molecule has 1 amide bonds. The highest BCUT2D eigenvalue weighted by Crippen LogP contribution is 2.26. The van der Waals surface area contributed by atoms with Gasteiger partial charge in [0.15, 0.2) is 10.2 Å². The average molecular weight is 671 g/mol. The van der Waals surface area contributed by atoms with Gasteiger partial charge < -0.3 is 25.0 Å². The van der Waals surface area contributed by atoms with Crippen LogP contribution in [0.2, 0.25) is 0 Å². The Bertz CT molecular complexity index is 1310. The summed E-state index contributed by atoms with van der Waals surface area (Å²) in [6, 6.07) is 7.26. The number of carbonyl (C=O) groups is 5. The number of carbonyl (C=O) groups excluding carboxylic acids is 3. The van der Waals surface area contributed by atoms with E-state index in [2.05, 4.69) is 4.98 Å². The topological polar surface area (TPSA) is 191 Å². The Hall–Kier alpha value is -3.30. The van der Waals surface area contributed by atoms with E-state index < -0.39 is 11.9 Å². The number of carboxylic acids is 2. The first kappa shape index (κ1) is 36.9. The van der Waals surface area contributed by atoms with Crippen molar-refractivity contribution in [3.63, 3.8) is 0 Å². The van der Waals surface area contributed by atoms with Crippen molar-refractivity contribution >= 4 is 62.9 Å². The van der Waals surface area contributed by atoms with E-state index in [1.165, 1.54) is 0 Å². The summed E-state index contributed by atoms with van der Waals surface area (Å²) in [6.45, 7) is 0.678. The largest absolute Gasteiger partial charge is 0.494 e. The summed E-state index contributed by atoms with van der Waals surface area (Å²) < 4.78 is 5.75. The Morgan fingerprint density at radius 1 is 0.932 bits per heavy atom. The van der Waals surface area contributed by atoms with E-state index in [9.17, 15) is 33.9 Å².